The molecule has 0 aliphatic heterocycles. The first kappa shape index (κ1) is 10.5. The normalized spacial score (nSPS) is 34.2. The maximum atomic E-state index is 10.5. The van der Waals surface area contributed by atoms with Gasteiger partial charge in [0.25, 0.3) is 0 Å². The summed E-state index contributed by atoms with van der Waals surface area (Å²) in [6.07, 6.45) is 4.03. The van der Waals surface area contributed by atoms with Crippen LogP contribution in [0.5, 0.6) is 0 Å². The van der Waals surface area contributed by atoms with Gasteiger partial charge >= 0.3 is 0 Å². The molecule has 0 bridgehead atoms. The van der Waals surface area contributed by atoms with Crippen LogP contribution in [0, 0.1) is 17.3 Å². The van der Waals surface area contributed by atoms with Crippen molar-refractivity contribution in [2.24, 2.45) is 17.3 Å². The summed E-state index contributed by atoms with van der Waals surface area (Å²) in [4.78, 5) is 10.5. The predicted molar refractivity (Wildman–Crippen MR) is 55.5 cm³/mol. The second-order valence-corrected chi connectivity index (χ2v) is 4.85. The van der Waals surface area contributed by atoms with Crippen molar-refractivity contribution in [2.75, 3.05) is 0 Å². The molecule has 0 aromatic heterocycles. The first-order valence-corrected chi connectivity index (χ1v) is 5.14. The van der Waals surface area contributed by atoms with Crippen LogP contribution in [0.15, 0.2) is 12.2 Å². The SMILES string of the molecule is C=C1[C@@H](C(C)C)CC[C@]1(C)CC=O. The van der Waals surface area contributed by atoms with Crippen molar-refractivity contribution in [1.82, 2.24) is 0 Å². The van der Waals surface area contributed by atoms with E-state index in [1.165, 1.54) is 12.0 Å². The average molecular weight is 180 g/mol. The lowest BCUT2D eigenvalue weighted by Gasteiger charge is -2.26. The molecule has 0 aromatic rings. The van der Waals surface area contributed by atoms with Crippen molar-refractivity contribution >= 4 is 6.29 Å². The smallest absolute Gasteiger partial charge is 0.120 e. The molecule has 1 rings (SSSR count). The van der Waals surface area contributed by atoms with Crippen molar-refractivity contribution in [3.63, 3.8) is 0 Å². The second-order valence-electron chi connectivity index (χ2n) is 4.85. The first-order chi connectivity index (χ1) is 6.01. The molecule has 1 saturated carbocycles. The highest BCUT2D eigenvalue weighted by molar-refractivity contribution is 5.52. The third kappa shape index (κ3) is 1.84. The highest BCUT2D eigenvalue weighted by Crippen LogP contribution is 2.49. The van der Waals surface area contributed by atoms with Crippen molar-refractivity contribution in [1.29, 1.82) is 0 Å². The Morgan fingerprint density at radius 1 is 1.69 bits per heavy atom. The summed E-state index contributed by atoms with van der Waals surface area (Å²) < 4.78 is 0. The Morgan fingerprint density at radius 2 is 2.31 bits per heavy atom. The first-order valence-electron chi connectivity index (χ1n) is 5.14. The third-order valence-corrected chi connectivity index (χ3v) is 3.57. The Balaban J connectivity index is 2.74. The van der Waals surface area contributed by atoms with Gasteiger partial charge in [0.05, 0.1) is 0 Å². The van der Waals surface area contributed by atoms with Crippen molar-refractivity contribution in [3.8, 4) is 0 Å². The van der Waals surface area contributed by atoms with Crippen LogP contribution in [0.25, 0.3) is 0 Å². The summed E-state index contributed by atoms with van der Waals surface area (Å²) in [5, 5.41) is 0. The summed E-state index contributed by atoms with van der Waals surface area (Å²) in [7, 11) is 0. The number of carbonyl (C=O) groups excluding carboxylic acids is 1. The molecular weight excluding hydrogens is 160 g/mol. The molecule has 1 fully saturated rings. The zero-order chi connectivity index (χ0) is 10.1. The van der Waals surface area contributed by atoms with Crippen LogP contribution in [0.3, 0.4) is 0 Å². The number of aldehydes is 1. The minimum absolute atomic E-state index is 0.0939. The van der Waals surface area contributed by atoms with Crippen molar-refractivity contribution in [2.45, 2.75) is 40.0 Å². The van der Waals surface area contributed by atoms with E-state index in [9.17, 15) is 4.79 Å². The third-order valence-electron chi connectivity index (χ3n) is 3.57. The topological polar surface area (TPSA) is 17.1 Å². The van der Waals surface area contributed by atoms with Gasteiger partial charge in [-0.15, -0.1) is 0 Å². The zero-order valence-corrected chi connectivity index (χ0v) is 8.97. The van der Waals surface area contributed by atoms with Crippen LogP contribution in [0.2, 0.25) is 0 Å². The van der Waals surface area contributed by atoms with Gasteiger partial charge in [-0.2, -0.15) is 0 Å². The van der Waals surface area contributed by atoms with Gasteiger partial charge in [-0.3, -0.25) is 0 Å². The Kier molecular flexibility index (Phi) is 2.94. The van der Waals surface area contributed by atoms with E-state index in [-0.39, 0.29) is 5.41 Å². The van der Waals surface area contributed by atoms with Gasteiger partial charge in [0.2, 0.25) is 0 Å². The maximum absolute atomic E-state index is 10.5. The lowest BCUT2D eigenvalue weighted by atomic mass is 9.79. The predicted octanol–water partition coefficient (Wildman–Crippen LogP) is 3.20. The molecule has 0 heterocycles. The quantitative estimate of drug-likeness (QED) is 0.481. The highest BCUT2D eigenvalue weighted by atomic mass is 16.1. The minimum atomic E-state index is 0.0939. The van der Waals surface area contributed by atoms with Gasteiger partial charge in [0, 0.05) is 6.42 Å². The molecule has 0 saturated heterocycles. The van der Waals surface area contributed by atoms with Crippen LogP contribution in [0.4, 0.5) is 0 Å². The fourth-order valence-electron chi connectivity index (χ4n) is 2.41. The lowest BCUT2D eigenvalue weighted by Crippen LogP contribution is -2.17. The van der Waals surface area contributed by atoms with Gasteiger partial charge in [-0.05, 0) is 30.1 Å². The molecule has 0 spiro atoms. The number of rotatable bonds is 3. The molecule has 0 amide bonds. The van der Waals surface area contributed by atoms with E-state index in [0.717, 1.165) is 12.7 Å². The maximum Gasteiger partial charge on any atom is 0.120 e. The Labute approximate surface area is 81.2 Å². The van der Waals surface area contributed by atoms with Gasteiger partial charge in [0.1, 0.15) is 6.29 Å². The molecule has 0 N–H and O–H groups in total. The largest absolute Gasteiger partial charge is 0.303 e. The summed E-state index contributed by atoms with van der Waals surface area (Å²) in [5.74, 6) is 1.30. The molecule has 13 heavy (non-hydrogen) atoms. The summed E-state index contributed by atoms with van der Waals surface area (Å²) in [6, 6.07) is 0. The standard InChI is InChI=1S/C12H20O/c1-9(2)11-5-6-12(4,7-8-13)10(11)3/h8-9,11H,3,5-7H2,1-2,4H3/t11-,12-/m1/s1. The van der Waals surface area contributed by atoms with Crippen molar-refractivity contribution in [3.05, 3.63) is 12.2 Å². The van der Waals surface area contributed by atoms with Gasteiger partial charge in [-0.1, -0.05) is 32.9 Å². The molecule has 0 radical (unpaired) electrons. The lowest BCUT2D eigenvalue weighted by molar-refractivity contribution is -0.109. The number of allylic oxidation sites excluding steroid dienone is 1. The molecular formula is C12H20O. The number of carbonyl (C=O) groups is 1. The minimum Gasteiger partial charge on any atom is -0.303 e. The van der Waals surface area contributed by atoms with Gasteiger partial charge in [-0.25, -0.2) is 0 Å². The van der Waals surface area contributed by atoms with E-state index in [1.807, 2.05) is 0 Å². The molecule has 1 aliphatic rings. The number of hydrogen-bond acceptors (Lipinski definition) is 1. The monoisotopic (exact) mass is 180 g/mol. The molecule has 1 nitrogen and oxygen atoms in total. The molecule has 0 unspecified atom stereocenters. The zero-order valence-electron chi connectivity index (χ0n) is 8.97. The van der Waals surface area contributed by atoms with E-state index in [0.29, 0.717) is 18.3 Å². The van der Waals surface area contributed by atoms with E-state index in [2.05, 4.69) is 27.4 Å². The second kappa shape index (κ2) is 3.65. The Hall–Kier alpha value is -0.590. The van der Waals surface area contributed by atoms with Crippen LogP contribution < -0.4 is 0 Å². The summed E-state index contributed by atoms with van der Waals surface area (Å²) >= 11 is 0. The van der Waals surface area contributed by atoms with Crippen LogP contribution >= 0.6 is 0 Å². The van der Waals surface area contributed by atoms with E-state index < -0.39 is 0 Å². The average Bonchev–Trinajstić information content (AvgIpc) is 2.30. The van der Waals surface area contributed by atoms with Crippen LogP contribution in [-0.2, 0) is 4.79 Å². The molecule has 74 valence electrons. The van der Waals surface area contributed by atoms with Crippen molar-refractivity contribution < 1.29 is 4.79 Å². The molecule has 2 atom stereocenters. The van der Waals surface area contributed by atoms with Gasteiger partial charge < -0.3 is 4.79 Å². The molecule has 1 aliphatic carbocycles. The van der Waals surface area contributed by atoms with Gasteiger partial charge in [0.15, 0.2) is 0 Å². The van der Waals surface area contributed by atoms with Crippen LogP contribution in [0.1, 0.15) is 40.0 Å². The number of hydrogen-bond donors (Lipinski definition) is 0. The fraction of sp³-hybridized carbons (Fsp3) is 0.750. The Bertz CT molecular complexity index is 217. The Morgan fingerprint density at radius 3 is 2.69 bits per heavy atom. The fourth-order valence-corrected chi connectivity index (χ4v) is 2.41. The van der Waals surface area contributed by atoms with E-state index >= 15 is 0 Å². The summed E-state index contributed by atoms with van der Waals surface area (Å²) in [5.41, 5.74) is 1.39. The highest BCUT2D eigenvalue weighted by Gasteiger charge is 2.39. The molecule has 0 aromatic carbocycles. The molecule has 1 heteroatoms. The van der Waals surface area contributed by atoms with E-state index in [1.54, 1.807) is 0 Å². The van der Waals surface area contributed by atoms with E-state index in [4.69, 9.17) is 0 Å². The summed E-state index contributed by atoms with van der Waals surface area (Å²) in [6.45, 7) is 10.8. The van der Waals surface area contributed by atoms with Crippen LogP contribution in [-0.4, -0.2) is 6.29 Å².